The Morgan fingerprint density at radius 2 is 1.75 bits per heavy atom. The van der Waals surface area contributed by atoms with Crippen LogP contribution in [0, 0.1) is 17.7 Å². The first-order valence-electron chi connectivity index (χ1n) is 6.36. The molecule has 1 saturated heterocycles. The molecule has 110 valence electrons. The van der Waals surface area contributed by atoms with E-state index in [0.29, 0.717) is 31.3 Å². The van der Waals surface area contributed by atoms with Crippen molar-refractivity contribution in [2.75, 3.05) is 13.1 Å². The number of hydrogen-bond acceptors (Lipinski definition) is 1. The first-order valence-corrected chi connectivity index (χ1v) is 6.36. The minimum Gasteiger partial charge on any atom is -0.338 e. The lowest BCUT2D eigenvalue weighted by Crippen LogP contribution is -2.30. The second-order valence-corrected chi connectivity index (χ2v) is 5.36. The Kier molecular flexibility index (Phi) is 3.75. The van der Waals surface area contributed by atoms with Crippen molar-refractivity contribution >= 4 is 5.91 Å². The molecular formula is C14H15F4NO. The van der Waals surface area contributed by atoms with Crippen LogP contribution in [0.5, 0.6) is 0 Å². The van der Waals surface area contributed by atoms with Gasteiger partial charge in [-0.2, -0.15) is 13.2 Å². The van der Waals surface area contributed by atoms with Gasteiger partial charge in [-0.3, -0.25) is 4.79 Å². The Morgan fingerprint density at radius 1 is 1.20 bits per heavy atom. The van der Waals surface area contributed by atoms with Crippen LogP contribution in [-0.2, 0) is 6.18 Å². The van der Waals surface area contributed by atoms with Gasteiger partial charge >= 0.3 is 6.18 Å². The number of amides is 1. The van der Waals surface area contributed by atoms with Gasteiger partial charge in [0.05, 0.1) is 11.1 Å². The maximum atomic E-state index is 13.6. The fraction of sp³-hybridized carbons (Fsp3) is 0.500. The van der Waals surface area contributed by atoms with E-state index in [0.717, 1.165) is 0 Å². The van der Waals surface area contributed by atoms with Crippen LogP contribution in [0.4, 0.5) is 17.6 Å². The molecule has 20 heavy (non-hydrogen) atoms. The van der Waals surface area contributed by atoms with E-state index in [1.165, 1.54) is 4.90 Å². The molecule has 1 heterocycles. The zero-order chi connectivity index (χ0) is 15.1. The van der Waals surface area contributed by atoms with Crippen molar-refractivity contribution in [1.82, 2.24) is 4.90 Å². The fourth-order valence-electron chi connectivity index (χ4n) is 2.33. The highest BCUT2D eigenvalue weighted by atomic mass is 19.4. The van der Waals surface area contributed by atoms with Gasteiger partial charge in [0, 0.05) is 13.1 Å². The average molecular weight is 289 g/mol. The Morgan fingerprint density at radius 3 is 2.25 bits per heavy atom. The van der Waals surface area contributed by atoms with Crippen LogP contribution in [0.1, 0.15) is 29.8 Å². The van der Waals surface area contributed by atoms with Crippen LogP contribution in [-0.4, -0.2) is 23.9 Å². The van der Waals surface area contributed by atoms with Crippen LogP contribution < -0.4 is 0 Å². The number of carbonyl (C=O) groups is 1. The Bertz CT molecular complexity index is 516. The number of halogens is 4. The Balaban J connectivity index is 2.30. The number of hydrogen-bond donors (Lipinski definition) is 0. The molecule has 2 atom stereocenters. The summed E-state index contributed by atoms with van der Waals surface area (Å²) in [6.45, 7) is 4.80. The van der Waals surface area contributed by atoms with Crippen LogP contribution in [0.15, 0.2) is 18.2 Å². The summed E-state index contributed by atoms with van der Waals surface area (Å²) in [6.07, 6.45) is -4.59. The zero-order valence-electron chi connectivity index (χ0n) is 11.2. The van der Waals surface area contributed by atoms with Gasteiger partial charge in [0.1, 0.15) is 5.82 Å². The molecule has 0 bridgehead atoms. The molecule has 0 saturated carbocycles. The first-order chi connectivity index (χ1) is 9.20. The third kappa shape index (κ3) is 2.78. The van der Waals surface area contributed by atoms with Gasteiger partial charge in [0.25, 0.3) is 5.91 Å². The van der Waals surface area contributed by atoms with E-state index in [1.54, 1.807) is 0 Å². The van der Waals surface area contributed by atoms with Crippen LogP contribution in [0.3, 0.4) is 0 Å². The highest BCUT2D eigenvalue weighted by molar-refractivity contribution is 5.95. The van der Waals surface area contributed by atoms with E-state index in [1.807, 2.05) is 13.8 Å². The molecule has 1 aromatic rings. The normalized spacial score (nSPS) is 23.2. The summed E-state index contributed by atoms with van der Waals surface area (Å²) >= 11 is 0. The summed E-state index contributed by atoms with van der Waals surface area (Å²) in [6, 6.07) is 1.92. The lowest BCUT2D eigenvalue weighted by Gasteiger charge is -2.17. The molecular weight excluding hydrogens is 274 g/mol. The number of carbonyl (C=O) groups excluding carboxylic acids is 1. The van der Waals surface area contributed by atoms with Crippen LogP contribution >= 0.6 is 0 Å². The topological polar surface area (TPSA) is 20.3 Å². The summed E-state index contributed by atoms with van der Waals surface area (Å²) in [5.74, 6) is -1.08. The molecule has 0 spiro atoms. The lowest BCUT2D eigenvalue weighted by molar-refractivity contribution is -0.137. The van der Waals surface area contributed by atoms with Gasteiger partial charge in [-0.15, -0.1) is 0 Å². The summed E-state index contributed by atoms with van der Waals surface area (Å²) < 4.78 is 51.5. The van der Waals surface area contributed by atoms with Crippen molar-refractivity contribution < 1.29 is 22.4 Å². The van der Waals surface area contributed by atoms with Gasteiger partial charge in [-0.25, -0.2) is 4.39 Å². The number of likely N-dealkylation sites (tertiary alicyclic amines) is 1. The van der Waals surface area contributed by atoms with Crippen LogP contribution in [0.2, 0.25) is 0 Å². The van der Waals surface area contributed by atoms with Crippen molar-refractivity contribution in [3.05, 3.63) is 35.1 Å². The Hall–Kier alpha value is -1.59. The molecule has 0 aliphatic carbocycles. The molecule has 0 N–H and O–H groups in total. The summed E-state index contributed by atoms with van der Waals surface area (Å²) in [5.41, 5.74) is -1.52. The van der Waals surface area contributed by atoms with E-state index in [-0.39, 0.29) is 11.8 Å². The third-order valence-corrected chi connectivity index (χ3v) is 3.80. The lowest BCUT2D eigenvalue weighted by atomic mass is 10.0. The SMILES string of the molecule is CC1CN(C(=O)c2cc(C(F)(F)F)ccc2F)CC1C. The minimum absolute atomic E-state index is 0.257. The standard InChI is InChI=1S/C14H15F4NO/c1-8-6-19(7-9(8)2)13(20)11-5-10(14(16,17)18)3-4-12(11)15/h3-5,8-9H,6-7H2,1-2H3. The number of benzene rings is 1. The summed E-state index contributed by atoms with van der Waals surface area (Å²) in [5, 5.41) is 0. The smallest absolute Gasteiger partial charge is 0.338 e. The van der Waals surface area contributed by atoms with Crippen molar-refractivity contribution in [2.24, 2.45) is 11.8 Å². The molecule has 2 rings (SSSR count). The maximum Gasteiger partial charge on any atom is 0.416 e. The zero-order valence-corrected chi connectivity index (χ0v) is 11.2. The second kappa shape index (κ2) is 5.07. The Labute approximate surface area is 114 Å². The monoisotopic (exact) mass is 289 g/mol. The summed E-state index contributed by atoms with van der Waals surface area (Å²) in [7, 11) is 0. The number of alkyl halides is 3. The van der Waals surface area contributed by atoms with Crippen molar-refractivity contribution in [2.45, 2.75) is 20.0 Å². The van der Waals surface area contributed by atoms with E-state index >= 15 is 0 Å². The molecule has 1 aromatic carbocycles. The predicted molar refractivity (Wildman–Crippen MR) is 65.6 cm³/mol. The molecule has 6 heteroatoms. The maximum absolute atomic E-state index is 13.6. The van der Waals surface area contributed by atoms with Crippen molar-refractivity contribution in [3.8, 4) is 0 Å². The van der Waals surface area contributed by atoms with Gasteiger partial charge in [0.15, 0.2) is 0 Å². The second-order valence-electron chi connectivity index (χ2n) is 5.36. The molecule has 2 unspecified atom stereocenters. The van der Waals surface area contributed by atoms with Gasteiger partial charge in [0.2, 0.25) is 0 Å². The largest absolute Gasteiger partial charge is 0.416 e. The molecule has 2 nitrogen and oxygen atoms in total. The first kappa shape index (κ1) is 14.8. The molecule has 1 aliphatic heterocycles. The van der Waals surface area contributed by atoms with E-state index in [4.69, 9.17) is 0 Å². The highest BCUT2D eigenvalue weighted by Gasteiger charge is 2.34. The third-order valence-electron chi connectivity index (χ3n) is 3.80. The molecule has 0 aromatic heterocycles. The summed E-state index contributed by atoms with van der Waals surface area (Å²) in [4.78, 5) is 13.6. The average Bonchev–Trinajstić information content (AvgIpc) is 2.68. The van der Waals surface area contributed by atoms with Gasteiger partial charge in [-0.1, -0.05) is 13.8 Å². The molecule has 0 radical (unpaired) electrons. The van der Waals surface area contributed by atoms with E-state index in [2.05, 4.69) is 0 Å². The number of nitrogens with zero attached hydrogens (tertiary/aromatic N) is 1. The minimum atomic E-state index is -4.59. The predicted octanol–water partition coefficient (Wildman–Crippen LogP) is 3.57. The van der Waals surface area contributed by atoms with Crippen molar-refractivity contribution in [1.29, 1.82) is 0 Å². The van der Waals surface area contributed by atoms with Gasteiger partial charge in [-0.05, 0) is 30.0 Å². The van der Waals surface area contributed by atoms with E-state index < -0.39 is 29.0 Å². The molecule has 1 fully saturated rings. The quantitative estimate of drug-likeness (QED) is 0.724. The fourth-order valence-corrected chi connectivity index (χ4v) is 2.33. The van der Waals surface area contributed by atoms with Crippen molar-refractivity contribution in [3.63, 3.8) is 0 Å². The molecule has 1 amide bonds. The van der Waals surface area contributed by atoms with Gasteiger partial charge < -0.3 is 4.90 Å². The van der Waals surface area contributed by atoms with Crippen LogP contribution in [0.25, 0.3) is 0 Å². The highest BCUT2D eigenvalue weighted by Crippen LogP contribution is 2.31. The number of rotatable bonds is 1. The molecule has 1 aliphatic rings. The van der Waals surface area contributed by atoms with E-state index in [9.17, 15) is 22.4 Å².